The molecule has 0 saturated carbocycles. The Kier molecular flexibility index (Phi) is 5.32. The van der Waals surface area contributed by atoms with E-state index < -0.39 is 0 Å². The molecule has 0 saturated heterocycles. The van der Waals surface area contributed by atoms with E-state index in [0.29, 0.717) is 17.9 Å². The molecule has 2 rings (SSSR count). The standard InChI is InChI=1S/C15H20N4O2S/c1-10-7-8-22-12(10)5-6-13(20)17-11-9-16-15(21-4)18-14(11)19(2)3/h7-9H,5-6H2,1-4H3,(H,17,20). The molecule has 0 spiro atoms. The minimum atomic E-state index is -0.0512. The molecule has 0 unspecified atom stereocenters. The van der Waals surface area contributed by atoms with Crippen LogP contribution in [0.3, 0.4) is 0 Å². The summed E-state index contributed by atoms with van der Waals surface area (Å²) < 4.78 is 5.01. The maximum atomic E-state index is 12.1. The third kappa shape index (κ3) is 3.94. The summed E-state index contributed by atoms with van der Waals surface area (Å²) in [5.41, 5.74) is 1.82. The van der Waals surface area contributed by atoms with Crippen LogP contribution in [0.25, 0.3) is 0 Å². The van der Waals surface area contributed by atoms with Crippen molar-refractivity contribution in [3.8, 4) is 6.01 Å². The van der Waals surface area contributed by atoms with Crippen LogP contribution < -0.4 is 15.0 Å². The number of nitrogens with zero attached hydrogens (tertiary/aromatic N) is 3. The number of amides is 1. The summed E-state index contributed by atoms with van der Waals surface area (Å²) in [6.07, 6.45) is 2.74. The zero-order valence-corrected chi connectivity index (χ0v) is 14.0. The number of carbonyl (C=O) groups excluding carboxylic acids is 1. The molecule has 0 aliphatic rings. The molecular weight excluding hydrogens is 300 g/mol. The quantitative estimate of drug-likeness (QED) is 0.886. The first-order chi connectivity index (χ1) is 10.5. The monoisotopic (exact) mass is 320 g/mol. The van der Waals surface area contributed by atoms with Gasteiger partial charge in [-0.25, -0.2) is 4.98 Å². The van der Waals surface area contributed by atoms with Gasteiger partial charge in [-0.15, -0.1) is 11.3 Å². The van der Waals surface area contributed by atoms with E-state index in [1.54, 1.807) is 17.5 Å². The normalized spacial score (nSPS) is 10.4. The Hall–Kier alpha value is -2.15. The molecule has 22 heavy (non-hydrogen) atoms. The van der Waals surface area contributed by atoms with Crippen molar-refractivity contribution >= 4 is 28.7 Å². The first-order valence-electron chi connectivity index (χ1n) is 6.92. The number of ether oxygens (including phenoxy) is 1. The highest BCUT2D eigenvalue weighted by Gasteiger charge is 2.13. The Labute approximate surface area is 134 Å². The molecule has 0 atom stereocenters. The van der Waals surface area contributed by atoms with Gasteiger partial charge < -0.3 is 15.0 Å². The molecule has 0 bridgehead atoms. The summed E-state index contributed by atoms with van der Waals surface area (Å²) in [5.74, 6) is 0.567. The smallest absolute Gasteiger partial charge is 0.318 e. The summed E-state index contributed by atoms with van der Waals surface area (Å²) in [5, 5.41) is 4.91. The fourth-order valence-corrected chi connectivity index (χ4v) is 2.89. The SMILES string of the molecule is COc1ncc(NC(=O)CCc2sccc2C)c(N(C)C)n1. The molecule has 1 N–H and O–H groups in total. The van der Waals surface area contributed by atoms with Gasteiger partial charge in [-0.1, -0.05) is 0 Å². The lowest BCUT2D eigenvalue weighted by Crippen LogP contribution is -2.18. The molecule has 2 heterocycles. The highest BCUT2D eigenvalue weighted by atomic mass is 32.1. The summed E-state index contributed by atoms with van der Waals surface area (Å²) in [7, 11) is 5.22. The second-order valence-corrected chi connectivity index (χ2v) is 6.06. The fraction of sp³-hybridized carbons (Fsp3) is 0.400. The van der Waals surface area contributed by atoms with Gasteiger partial charge >= 0.3 is 6.01 Å². The zero-order valence-electron chi connectivity index (χ0n) is 13.2. The van der Waals surface area contributed by atoms with E-state index in [-0.39, 0.29) is 11.9 Å². The lowest BCUT2D eigenvalue weighted by molar-refractivity contribution is -0.116. The number of carbonyl (C=O) groups is 1. The number of aryl methyl sites for hydroxylation is 2. The fourth-order valence-electron chi connectivity index (χ4n) is 1.98. The van der Waals surface area contributed by atoms with Crippen LogP contribution >= 0.6 is 11.3 Å². The van der Waals surface area contributed by atoms with Gasteiger partial charge in [0, 0.05) is 25.4 Å². The predicted octanol–water partition coefficient (Wildman–Crippen LogP) is 2.49. The molecule has 0 radical (unpaired) electrons. The van der Waals surface area contributed by atoms with Crippen molar-refractivity contribution in [1.29, 1.82) is 0 Å². The van der Waals surface area contributed by atoms with Crippen molar-refractivity contribution in [3.63, 3.8) is 0 Å². The highest BCUT2D eigenvalue weighted by Crippen LogP contribution is 2.23. The van der Waals surface area contributed by atoms with E-state index in [9.17, 15) is 4.79 Å². The van der Waals surface area contributed by atoms with Crippen molar-refractivity contribution in [2.45, 2.75) is 19.8 Å². The Morgan fingerprint density at radius 3 is 2.82 bits per heavy atom. The Balaban J connectivity index is 2.03. The van der Waals surface area contributed by atoms with Gasteiger partial charge in [0.05, 0.1) is 13.3 Å². The molecular formula is C15H20N4O2S. The number of methoxy groups -OCH3 is 1. The highest BCUT2D eigenvalue weighted by molar-refractivity contribution is 7.10. The Morgan fingerprint density at radius 1 is 1.45 bits per heavy atom. The van der Waals surface area contributed by atoms with Gasteiger partial charge in [0.1, 0.15) is 5.69 Å². The molecule has 2 aromatic rings. The van der Waals surface area contributed by atoms with Gasteiger partial charge in [0.25, 0.3) is 0 Å². The topological polar surface area (TPSA) is 67.3 Å². The van der Waals surface area contributed by atoms with Crippen molar-refractivity contribution in [2.24, 2.45) is 0 Å². The predicted molar refractivity (Wildman–Crippen MR) is 88.9 cm³/mol. The first-order valence-corrected chi connectivity index (χ1v) is 7.80. The molecule has 0 aliphatic heterocycles. The molecule has 7 heteroatoms. The van der Waals surface area contributed by atoms with E-state index >= 15 is 0 Å². The largest absolute Gasteiger partial charge is 0.467 e. The van der Waals surface area contributed by atoms with Crippen molar-refractivity contribution in [2.75, 3.05) is 31.4 Å². The third-order valence-electron chi connectivity index (χ3n) is 3.17. The minimum absolute atomic E-state index is 0.0512. The maximum absolute atomic E-state index is 12.1. The molecule has 0 fully saturated rings. The number of nitrogens with one attached hydrogen (secondary N) is 1. The van der Waals surface area contributed by atoms with Crippen molar-refractivity contribution < 1.29 is 9.53 Å². The molecule has 1 amide bonds. The van der Waals surface area contributed by atoms with E-state index in [2.05, 4.69) is 28.3 Å². The van der Waals surface area contributed by atoms with Crippen LogP contribution in [0.2, 0.25) is 0 Å². The number of anilines is 2. The Bertz CT molecular complexity index is 655. The maximum Gasteiger partial charge on any atom is 0.318 e. The minimum Gasteiger partial charge on any atom is -0.467 e. The number of thiophene rings is 1. The lowest BCUT2D eigenvalue weighted by Gasteiger charge is -2.16. The van der Waals surface area contributed by atoms with Crippen LogP contribution in [0.1, 0.15) is 16.9 Å². The summed E-state index contributed by atoms with van der Waals surface area (Å²) >= 11 is 1.68. The van der Waals surface area contributed by atoms with Crippen LogP contribution in [0.15, 0.2) is 17.6 Å². The van der Waals surface area contributed by atoms with E-state index in [4.69, 9.17) is 4.74 Å². The van der Waals surface area contributed by atoms with Gasteiger partial charge in [-0.3, -0.25) is 4.79 Å². The zero-order chi connectivity index (χ0) is 16.1. The van der Waals surface area contributed by atoms with Crippen molar-refractivity contribution in [3.05, 3.63) is 28.1 Å². The average Bonchev–Trinajstić information content (AvgIpc) is 2.90. The van der Waals surface area contributed by atoms with Gasteiger partial charge in [-0.2, -0.15) is 4.98 Å². The van der Waals surface area contributed by atoms with E-state index in [1.165, 1.54) is 17.6 Å². The Morgan fingerprint density at radius 2 is 2.23 bits per heavy atom. The van der Waals surface area contributed by atoms with Crippen LogP contribution in [0, 0.1) is 6.92 Å². The molecule has 118 valence electrons. The van der Waals surface area contributed by atoms with Crippen LogP contribution in [0.5, 0.6) is 6.01 Å². The summed E-state index contributed by atoms with van der Waals surface area (Å²) in [6.45, 7) is 2.06. The number of rotatable bonds is 6. The van der Waals surface area contributed by atoms with Gasteiger partial charge in [-0.05, 0) is 30.4 Å². The van der Waals surface area contributed by atoms with Crippen LogP contribution in [-0.4, -0.2) is 37.1 Å². The molecule has 2 aromatic heterocycles. The molecule has 6 nitrogen and oxygen atoms in total. The van der Waals surface area contributed by atoms with Crippen LogP contribution in [0.4, 0.5) is 11.5 Å². The van der Waals surface area contributed by atoms with Crippen molar-refractivity contribution in [1.82, 2.24) is 9.97 Å². The molecule has 0 aromatic carbocycles. The second kappa shape index (κ2) is 7.22. The number of hydrogen-bond acceptors (Lipinski definition) is 6. The summed E-state index contributed by atoms with van der Waals surface area (Å²) in [6, 6.07) is 2.34. The van der Waals surface area contributed by atoms with Crippen LogP contribution in [-0.2, 0) is 11.2 Å². The average molecular weight is 320 g/mol. The van der Waals surface area contributed by atoms with E-state index in [0.717, 1.165) is 6.42 Å². The first kappa shape index (κ1) is 16.2. The lowest BCUT2D eigenvalue weighted by atomic mass is 10.2. The van der Waals surface area contributed by atoms with Gasteiger partial charge in [0.15, 0.2) is 5.82 Å². The summed E-state index contributed by atoms with van der Waals surface area (Å²) in [4.78, 5) is 23.5. The molecule has 0 aliphatic carbocycles. The third-order valence-corrected chi connectivity index (χ3v) is 4.26. The number of aromatic nitrogens is 2. The van der Waals surface area contributed by atoms with Gasteiger partial charge in [0.2, 0.25) is 5.91 Å². The second-order valence-electron chi connectivity index (χ2n) is 5.06. The number of hydrogen-bond donors (Lipinski definition) is 1. The van der Waals surface area contributed by atoms with E-state index in [1.807, 2.05) is 24.4 Å².